The molecule has 0 fully saturated rings. The fourth-order valence-corrected chi connectivity index (χ4v) is 1.95. The third kappa shape index (κ3) is 2.86. The van der Waals surface area contributed by atoms with E-state index in [0.717, 1.165) is 9.58 Å². The predicted octanol–water partition coefficient (Wildman–Crippen LogP) is 1.32. The third-order valence-electron chi connectivity index (χ3n) is 3.26. The average molecular weight is 317 g/mol. The molecule has 0 spiro atoms. The lowest BCUT2D eigenvalue weighted by Gasteiger charge is -2.15. The van der Waals surface area contributed by atoms with Crippen molar-refractivity contribution in [3.8, 4) is 0 Å². The average Bonchev–Trinajstić information content (AvgIpc) is 2.86. The summed E-state index contributed by atoms with van der Waals surface area (Å²) in [6, 6.07) is 0. The number of carbonyl (C=O) groups is 1. The number of hydrogen-bond acceptors (Lipinski definition) is 5. The smallest absolute Gasteiger partial charge is 0.275 e. The van der Waals surface area contributed by atoms with Gasteiger partial charge in [-0.25, -0.2) is 14.6 Å². The Labute approximate surface area is 123 Å². The maximum atomic E-state index is 12.7. The number of aryl methyl sites for hydroxylation is 2. The lowest BCUT2D eigenvalue weighted by molar-refractivity contribution is -0.167. The molecule has 7 nitrogen and oxygen atoms in total. The van der Waals surface area contributed by atoms with Crippen LogP contribution in [0.2, 0.25) is 0 Å². The Hall–Kier alpha value is -2.23. The lowest BCUT2D eigenvalue weighted by atomic mass is 10.1. The van der Waals surface area contributed by atoms with Crippen LogP contribution in [0.4, 0.5) is 13.2 Å². The summed E-state index contributed by atoms with van der Waals surface area (Å²) in [5.41, 5.74) is 1.28. The van der Waals surface area contributed by atoms with E-state index in [9.17, 15) is 18.0 Å². The molecule has 0 atom stereocenters. The Bertz CT molecular complexity index is 726. The van der Waals surface area contributed by atoms with E-state index in [-0.39, 0.29) is 18.1 Å². The van der Waals surface area contributed by atoms with Crippen LogP contribution >= 0.6 is 0 Å². The molecule has 0 radical (unpaired) electrons. The van der Waals surface area contributed by atoms with Gasteiger partial charge in [-0.2, -0.15) is 18.2 Å². The highest BCUT2D eigenvalue weighted by Crippen LogP contribution is 2.27. The van der Waals surface area contributed by atoms with Crippen LogP contribution in [0.15, 0.2) is 0 Å². The van der Waals surface area contributed by atoms with Crippen LogP contribution in [-0.4, -0.2) is 44.7 Å². The van der Waals surface area contributed by atoms with E-state index in [4.69, 9.17) is 4.84 Å². The van der Waals surface area contributed by atoms with Gasteiger partial charge in [-0.15, -0.1) is 5.10 Å². The molecule has 0 N–H and O–H groups in total. The second kappa shape index (κ2) is 5.52. The minimum Gasteiger partial charge on any atom is -0.275 e. The largest absolute Gasteiger partial charge is 0.453 e. The first-order valence-corrected chi connectivity index (χ1v) is 6.26. The first-order chi connectivity index (χ1) is 10.1. The van der Waals surface area contributed by atoms with Crippen molar-refractivity contribution in [3.05, 3.63) is 22.8 Å². The summed E-state index contributed by atoms with van der Waals surface area (Å²) in [6.07, 6.45) is -4.72. The van der Waals surface area contributed by atoms with E-state index < -0.39 is 12.0 Å². The van der Waals surface area contributed by atoms with Gasteiger partial charge < -0.3 is 0 Å². The summed E-state index contributed by atoms with van der Waals surface area (Å²) in [6.45, 7) is 3.16. The van der Waals surface area contributed by atoms with Crippen LogP contribution in [0.3, 0.4) is 0 Å². The number of rotatable bonds is 3. The molecule has 2 aromatic heterocycles. The van der Waals surface area contributed by atoms with Crippen molar-refractivity contribution in [1.29, 1.82) is 0 Å². The van der Waals surface area contributed by atoms with Gasteiger partial charge in [-0.05, 0) is 13.8 Å². The minimum absolute atomic E-state index is 0.0633. The van der Waals surface area contributed by atoms with Gasteiger partial charge in [0.05, 0.1) is 13.5 Å². The molecule has 0 saturated heterocycles. The second-order valence-corrected chi connectivity index (χ2v) is 4.66. The zero-order chi connectivity index (χ0) is 16.7. The number of carbonyl (C=O) groups excluding carboxylic acids is 1. The molecule has 10 heteroatoms. The van der Waals surface area contributed by atoms with Crippen LogP contribution in [0, 0.1) is 13.8 Å². The molecule has 0 unspecified atom stereocenters. The topological polar surface area (TPSA) is 72.6 Å². The standard InChI is InChI=1S/C12H14F3N5O2/c1-6-8(5-9(21)19(3)22-4)7(2)20-11(16-6)17-10(18-20)12(13,14)15/h5H2,1-4H3. The minimum atomic E-state index is -4.65. The van der Waals surface area contributed by atoms with E-state index in [1.807, 2.05) is 0 Å². The van der Waals surface area contributed by atoms with Crippen molar-refractivity contribution >= 4 is 11.7 Å². The van der Waals surface area contributed by atoms with Gasteiger partial charge in [0.2, 0.25) is 5.91 Å². The fourth-order valence-electron chi connectivity index (χ4n) is 1.95. The number of aromatic nitrogens is 4. The maximum Gasteiger partial charge on any atom is 0.453 e. The highest BCUT2D eigenvalue weighted by Gasteiger charge is 2.37. The summed E-state index contributed by atoms with van der Waals surface area (Å²) in [5.74, 6) is -1.77. The van der Waals surface area contributed by atoms with Crippen molar-refractivity contribution in [2.75, 3.05) is 14.2 Å². The normalized spacial score (nSPS) is 12.0. The van der Waals surface area contributed by atoms with Gasteiger partial charge in [0.1, 0.15) is 0 Å². The molecule has 0 aromatic carbocycles. The van der Waals surface area contributed by atoms with Gasteiger partial charge in [0, 0.05) is 24.0 Å². The Morgan fingerprint density at radius 2 is 1.95 bits per heavy atom. The molecule has 0 aliphatic heterocycles. The number of fused-ring (bicyclic) bond motifs is 1. The maximum absolute atomic E-state index is 12.7. The van der Waals surface area contributed by atoms with Gasteiger partial charge in [-0.1, -0.05) is 0 Å². The van der Waals surface area contributed by atoms with E-state index in [2.05, 4.69) is 15.1 Å². The van der Waals surface area contributed by atoms with Crippen LogP contribution in [-0.2, 0) is 22.2 Å². The summed E-state index contributed by atoms with van der Waals surface area (Å²) in [7, 11) is 2.78. The zero-order valence-electron chi connectivity index (χ0n) is 12.4. The van der Waals surface area contributed by atoms with Crippen LogP contribution < -0.4 is 0 Å². The molecule has 0 aliphatic rings. The molecule has 0 saturated carbocycles. The van der Waals surface area contributed by atoms with Crippen molar-refractivity contribution < 1.29 is 22.8 Å². The van der Waals surface area contributed by atoms with Crippen molar-refractivity contribution in [3.63, 3.8) is 0 Å². The summed E-state index contributed by atoms with van der Waals surface area (Å²) < 4.78 is 39.0. The van der Waals surface area contributed by atoms with E-state index in [0.29, 0.717) is 17.0 Å². The SMILES string of the molecule is CON(C)C(=O)Cc1c(C)nc2nc(C(F)(F)F)nn2c1C. The molecule has 0 aliphatic carbocycles. The molecule has 2 heterocycles. The van der Waals surface area contributed by atoms with E-state index in [1.54, 1.807) is 13.8 Å². The van der Waals surface area contributed by atoms with Crippen LogP contribution in [0.25, 0.3) is 5.78 Å². The summed E-state index contributed by atoms with van der Waals surface area (Å²) in [4.78, 5) is 24.0. The first-order valence-electron chi connectivity index (χ1n) is 6.26. The Morgan fingerprint density at radius 3 is 2.50 bits per heavy atom. The summed E-state index contributed by atoms with van der Waals surface area (Å²) in [5, 5.41) is 4.45. The van der Waals surface area contributed by atoms with Gasteiger partial charge in [0.15, 0.2) is 0 Å². The molecule has 0 bridgehead atoms. The molecular formula is C12H14F3N5O2. The van der Waals surface area contributed by atoms with Crippen LogP contribution in [0.5, 0.6) is 0 Å². The molecule has 1 amide bonds. The highest BCUT2D eigenvalue weighted by atomic mass is 19.4. The Kier molecular flexibility index (Phi) is 4.05. The van der Waals surface area contributed by atoms with E-state index in [1.165, 1.54) is 14.2 Å². The van der Waals surface area contributed by atoms with E-state index >= 15 is 0 Å². The van der Waals surface area contributed by atoms with Crippen molar-refractivity contribution in [2.45, 2.75) is 26.4 Å². The first kappa shape index (κ1) is 16.1. The highest BCUT2D eigenvalue weighted by molar-refractivity contribution is 5.78. The Morgan fingerprint density at radius 1 is 1.32 bits per heavy atom. The summed E-state index contributed by atoms with van der Waals surface area (Å²) >= 11 is 0. The number of nitrogens with zero attached hydrogens (tertiary/aromatic N) is 5. The molecule has 2 rings (SSSR count). The van der Waals surface area contributed by atoms with Crippen LogP contribution in [0.1, 0.15) is 22.8 Å². The number of amides is 1. The number of hydrogen-bond donors (Lipinski definition) is 0. The van der Waals surface area contributed by atoms with Crippen molar-refractivity contribution in [2.24, 2.45) is 0 Å². The molecule has 22 heavy (non-hydrogen) atoms. The molecule has 120 valence electrons. The van der Waals surface area contributed by atoms with Crippen molar-refractivity contribution in [1.82, 2.24) is 24.6 Å². The zero-order valence-corrected chi connectivity index (χ0v) is 12.4. The molecule has 2 aromatic rings. The monoisotopic (exact) mass is 317 g/mol. The third-order valence-corrected chi connectivity index (χ3v) is 3.26. The number of halogens is 3. The second-order valence-electron chi connectivity index (χ2n) is 4.66. The predicted molar refractivity (Wildman–Crippen MR) is 68.7 cm³/mol. The van der Waals surface area contributed by atoms with Gasteiger partial charge in [-0.3, -0.25) is 9.63 Å². The number of hydroxylamine groups is 2. The Balaban J connectivity index is 2.50. The quantitative estimate of drug-likeness (QED) is 0.798. The fraction of sp³-hybridized carbons (Fsp3) is 0.500. The lowest BCUT2D eigenvalue weighted by Crippen LogP contribution is -2.28. The molecular weight excluding hydrogens is 303 g/mol. The number of alkyl halides is 3. The van der Waals surface area contributed by atoms with Gasteiger partial charge >= 0.3 is 6.18 Å². The number of likely N-dealkylation sites (N-methyl/N-ethyl adjacent to an activating group) is 1. The van der Waals surface area contributed by atoms with Gasteiger partial charge in [0.25, 0.3) is 11.6 Å².